The molecule has 2 aromatic carbocycles. The van der Waals surface area contributed by atoms with Crippen LogP contribution in [0.1, 0.15) is 6.92 Å². The SMILES string of the molecule is CS[C@@H](C)C(=O)Nc1nn(-c2ccc(F)cc2)c2cccc(N3CCOC3=O)c12. The van der Waals surface area contributed by atoms with E-state index in [1.807, 2.05) is 12.3 Å². The molecule has 2 amide bonds. The van der Waals surface area contributed by atoms with Gasteiger partial charge in [0.05, 0.1) is 34.1 Å². The molecule has 29 heavy (non-hydrogen) atoms. The predicted octanol–water partition coefficient (Wildman–Crippen LogP) is 3.81. The first-order valence-electron chi connectivity index (χ1n) is 9.05. The van der Waals surface area contributed by atoms with Crippen molar-refractivity contribution in [2.75, 3.05) is 29.6 Å². The number of fused-ring (bicyclic) bond motifs is 1. The molecule has 9 heteroatoms. The Kier molecular flexibility index (Phi) is 5.14. The summed E-state index contributed by atoms with van der Waals surface area (Å²) in [5, 5.41) is 7.80. The first-order chi connectivity index (χ1) is 14.0. The van der Waals surface area contributed by atoms with E-state index in [9.17, 15) is 14.0 Å². The number of anilines is 2. The molecule has 1 fully saturated rings. The van der Waals surface area contributed by atoms with Crippen molar-refractivity contribution in [3.8, 4) is 5.69 Å². The first kappa shape index (κ1) is 19.3. The molecule has 1 aliphatic rings. The summed E-state index contributed by atoms with van der Waals surface area (Å²) < 4.78 is 20.1. The minimum absolute atomic E-state index is 0.193. The van der Waals surface area contributed by atoms with Crippen LogP contribution >= 0.6 is 11.8 Å². The summed E-state index contributed by atoms with van der Waals surface area (Å²) in [4.78, 5) is 26.2. The highest BCUT2D eigenvalue weighted by Crippen LogP contribution is 2.36. The average molecular weight is 414 g/mol. The molecule has 1 N–H and O–H groups in total. The maximum atomic E-state index is 13.4. The van der Waals surface area contributed by atoms with Gasteiger partial charge in [-0.15, -0.1) is 5.10 Å². The molecular formula is C20H19FN4O3S. The third-order valence-electron chi connectivity index (χ3n) is 4.77. The van der Waals surface area contributed by atoms with Gasteiger partial charge in [-0.1, -0.05) is 6.07 Å². The van der Waals surface area contributed by atoms with Gasteiger partial charge in [-0.05, 0) is 49.6 Å². The minimum atomic E-state index is -0.443. The van der Waals surface area contributed by atoms with Crippen molar-refractivity contribution < 1.29 is 18.7 Å². The van der Waals surface area contributed by atoms with Crippen LogP contribution < -0.4 is 10.2 Å². The second-order valence-electron chi connectivity index (χ2n) is 6.54. The molecule has 2 heterocycles. The maximum Gasteiger partial charge on any atom is 0.414 e. The Morgan fingerprint density at radius 2 is 2.03 bits per heavy atom. The van der Waals surface area contributed by atoms with Crippen molar-refractivity contribution in [3.05, 3.63) is 48.3 Å². The van der Waals surface area contributed by atoms with Crippen molar-refractivity contribution in [2.45, 2.75) is 12.2 Å². The minimum Gasteiger partial charge on any atom is -0.447 e. The van der Waals surface area contributed by atoms with E-state index in [2.05, 4.69) is 10.4 Å². The number of thioether (sulfide) groups is 1. The van der Waals surface area contributed by atoms with E-state index in [-0.39, 0.29) is 17.0 Å². The van der Waals surface area contributed by atoms with E-state index < -0.39 is 6.09 Å². The molecule has 1 atom stereocenters. The van der Waals surface area contributed by atoms with E-state index in [0.29, 0.717) is 41.2 Å². The number of amides is 2. The van der Waals surface area contributed by atoms with Crippen LogP contribution in [0.15, 0.2) is 42.5 Å². The lowest BCUT2D eigenvalue weighted by Gasteiger charge is -2.15. The van der Waals surface area contributed by atoms with Crippen molar-refractivity contribution >= 4 is 46.2 Å². The molecule has 0 spiro atoms. The van der Waals surface area contributed by atoms with Gasteiger partial charge in [0.25, 0.3) is 0 Å². The van der Waals surface area contributed by atoms with E-state index in [1.165, 1.54) is 28.8 Å². The van der Waals surface area contributed by atoms with Crippen molar-refractivity contribution in [1.29, 1.82) is 0 Å². The van der Waals surface area contributed by atoms with Gasteiger partial charge in [0.2, 0.25) is 5.91 Å². The van der Waals surface area contributed by atoms with Crippen LogP contribution in [0, 0.1) is 5.82 Å². The number of rotatable bonds is 5. The van der Waals surface area contributed by atoms with E-state index in [1.54, 1.807) is 35.9 Å². The second-order valence-corrected chi connectivity index (χ2v) is 7.72. The van der Waals surface area contributed by atoms with Crippen molar-refractivity contribution in [1.82, 2.24) is 9.78 Å². The fourth-order valence-electron chi connectivity index (χ4n) is 3.18. The predicted molar refractivity (Wildman–Crippen MR) is 111 cm³/mol. The van der Waals surface area contributed by atoms with Crippen molar-refractivity contribution in [2.24, 2.45) is 0 Å². The number of benzene rings is 2. The number of carbonyl (C=O) groups excluding carboxylic acids is 2. The normalized spacial score (nSPS) is 14.9. The molecule has 3 aromatic rings. The van der Waals surface area contributed by atoms with E-state index >= 15 is 0 Å². The lowest BCUT2D eigenvalue weighted by molar-refractivity contribution is -0.115. The summed E-state index contributed by atoms with van der Waals surface area (Å²) in [6.07, 6.45) is 1.41. The number of nitrogens with zero attached hydrogens (tertiary/aromatic N) is 3. The third kappa shape index (κ3) is 3.53. The average Bonchev–Trinajstić information content (AvgIpc) is 3.31. The van der Waals surface area contributed by atoms with Gasteiger partial charge in [0.1, 0.15) is 12.4 Å². The van der Waals surface area contributed by atoms with Gasteiger partial charge in [-0.25, -0.2) is 13.9 Å². The molecule has 1 aliphatic heterocycles. The molecule has 0 aliphatic carbocycles. The smallest absolute Gasteiger partial charge is 0.414 e. The van der Waals surface area contributed by atoms with Crippen LogP contribution in [0.5, 0.6) is 0 Å². The zero-order chi connectivity index (χ0) is 20.5. The topological polar surface area (TPSA) is 76.5 Å². The number of hydrogen-bond acceptors (Lipinski definition) is 5. The molecular weight excluding hydrogens is 395 g/mol. The van der Waals surface area contributed by atoms with Crippen molar-refractivity contribution in [3.63, 3.8) is 0 Å². The number of hydrogen-bond donors (Lipinski definition) is 1. The third-order valence-corrected chi connectivity index (χ3v) is 5.69. The van der Waals surface area contributed by atoms with Gasteiger partial charge >= 0.3 is 6.09 Å². The van der Waals surface area contributed by atoms with Crippen LogP contribution in [0.2, 0.25) is 0 Å². The number of aromatic nitrogens is 2. The zero-order valence-corrected chi connectivity index (χ0v) is 16.7. The Hall–Kier alpha value is -3.07. The quantitative estimate of drug-likeness (QED) is 0.687. The molecule has 0 saturated carbocycles. The largest absolute Gasteiger partial charge is 0.447 e. The molecule has 0 radical (unpaired) electrons. The fourth-order valence-corrected chi connectivity index (χ4v) is 3.45. The van der Waals surface area contributed by atoms with Crippen LogP contribution in [-0.4, -0.2) is 46.4 Å². The van der Waals surface area contributed by atoms with Crippen LogP contribution in [0.3, 0.4) is 0 Å². The summed E-state index contributed by atoms with van der Waals surface area (Å²) in [7, 11) is 0. The number of ether oxygens (including phenoxy) is 1. The molecule has 150 valence electrons. The monoisotopic (exact) mass is 414 g/mol. The highest BCUT2D eigenvalue weighted by molar-refractivity contribution is 7.99. The molecule has 4 rings (SSSR count). The molecule has 1 saturated heterocycles. The molecule has 1 aromatic heterocycles. The fraction of sp³-hybridized carbons (Fsp3) is 0.250. The van der Waals surface area contributed by atoms with Crippen LogP contribution in [0.25, 0.3) is 16.6 Å². The second kappa shape index (κ2) is 7.75. The Morgan fingerprint density at radius 1 is 1.28 bits per heavy atom. The Morgan fingerprint density at radius 3 is 2.69 bits per heavy atom. The zero-order valence-electron chi connectivity index (χ0n) is 15.9. The summed E-state index contributed by atoms with van der Waals surface area (Å²) in [6, 6.07) is 11.3. The van der Waals surface area contributed by atoms with E-state index in [4.69, 9.17) is 4.74 Å². The first-order valence-corrected chi connectivity index (χ1v) is 10.3. The van der Waals surface area contributed by atoms with Gasteiger partial charge in [-0.3, -0.25) is 9.69 Å². The summed E-state index contributed by atoms with van der Waals surface area (Å²) in [5.74, 6) is -0.208. The van der Waals surface area contributed by atoms with Crippen LogP contribution in [-0.2, 0) is 9.53 Å². The van der Waals surface area contributed by atoms with E-state index in [0.717, 1.165) is 0 Å². The number of carbonyl (C=O) groups is 2. The summed E-state index contributed by atoms with van der Waals surface area (Å²) in [6.45, 7) is 2.51. The lowest BCUT2D eigenvalue weighted by Crippen LogP contribution is -2.25. The standard InChI is InChI=1S/C20H19FN4O3S/c1-12(29-2)19(26)22-18-17-15(24-10-11-28-20(24)27)4-3-5-16(17)25(23-18)14-8-6-13(21)7-9-14/h3-9,12H,10-11H2,1-2H3,(H,22,23,26)/t12-/m0/s1. The highest BCUT2D eigenvalue weighted by Gasteiger charge is 2.28. The summed E-state index contributed by atoms with van der Waals surface area (Å²) in [5.41, 5.74) is 1.92. The Labute approximate surface area is 170 Å². The maximum absolute atomic E-state index is 13.4. The number of halogens is 1. The number of cyclic esters (lactones) is 1. The van der Waals surface area contributed by atoms with Crippen LogP contribution in [0.4, 0.5) is 20.7 Å². The van der Waals surface area contributed by atoms with Gasteiger partial charge < -0.3 is 10.1 Å². The lowest BCUT2D eigenvalue weighted by atomic mass is 10.2. The molecule has 7 nitrogen and oxygen atoms in total. The summed E-state index contributed by atoms with van der Waals surface area (Å²) >= 11 is 1.42. The molecule has 0 bridgehead atoms. The highest BCUT2D eigenvalue weighted by atomic mass is 32.2. The Balaban J connectivity index is 1.90. The van der Waals surface area contributed by atoms with Gasteiger partial charge in [0.15, 0.2) is 5.82 Å². The Bertz CT molecular complexity index is 1080. The van der Waals surface area contributed by atoms with Gasteiger partial charge in [-0.2, -0.15) is 11.8 Å². The number of nitrogens with one attached hydrogen (secondary N) is 1. The molecule has 0 unspecified atom stereocenters. The van der Waals surface area contributed by atoms with Gasteiger partial charge in [0, 0.05) is 0 Å².